The molecule has 0 saturated heterocycles. The molecule has 140 valence electrons. The van der Waals surface area contributed by atoms with E-state index in [0.717, 1.165) is 33.6 Å². The molecule has 0 fully saturated rings. The fourth-order valence-corrected chi connectivity index (χ4v) is 3.67. The average Bonchev–Trinajstić information content (AvgIpc) is 2.66. The van der Waals surface area contributed by atoms with Gasteiger partial charge in [-0.15, -0.1) is 12.4 Å². The topological polar surface area (TPSA) is 41.9 Å². The van der Waals surface area contributed by atoms with Crippen molar-refractivity contribution in [2.24, 2.45) is 10.9 Å². The van der Waals surface area contributed by atoms with Crippen molar-refractivity contribution in [2.45, 2.75) is 13.8 Å². The van der Waals surface area contributed by atoms with Gasteiger partial charge in [-0.3, -0.25) is 9.79 Å². The van der Waals surface area contributed by atoms with E-state index in [9.17, 15) is 4.79 Å². The number of halogens is 1. The number of rotatable bonds is 3. The summed E-state index contributed by atoms with van der Waals surface area (Å²) in [6, 6.07) is 11.8. The number of hydrogen-bond acceptors (Lipinski definition) is 4. The maximum Gasteiger partial charge on any atom is 0.169 e. The van der Waals surface area contributed by atoms with E-state index >= 15 is 0 Å². The van der Waals surface area contributed by atoms with Gasteiger partial charge in [-0.1, -0.05) is 18.2 Å². The van der Waals surface area contributed by atoms with Gasteiger partial charge in [0, 0.05) is 17.8 Å². The predicted molar refractivity (Wildman–Crippen MR) is 112 cm³/mol. The minimum atomic E-state index is -0.121. The predicted octanol–water partition coefficient (Wildman–Crippen LogP) is 4.65. The first-order valence-electron chi connectivity index (χ1n) is 8.86. The molecule has 2 aromatic rings. The number of allylic oxidation sites excluding steroid dienone is 3. The van der Waals surface area contributed by atoms with Crippen LogP contribution in [0.5, 0.6) is 5.75 Å². The van der Waals surface area contributed by atoms with Crippen molar-refractivity contribution in [1.82, 2.24) is 4.90 Å². The molecular weight excluding hydrogens is 360 g/mol. The van der Waals surface area contributed by atoms with Crippen LogP contribution in [-0.2, 0) is 0 Å². The second-order valence-electron chi connectivity index (χ2n) is 6.97. The quantitative estimate of drug-likeness (QED) is 0.726. The first kappa shape index (κ1) is 19.2. The molecule has 2 aliphatic rings. The molecule has 4 nitrogen and oxygen atoms in total. The van der Waals surface area contributed by atoms with Crippen molar-refractivity contribution in [1.29, 1.82) is 0 Å². The van der Waals surface area contributed by atoms with Gasteiger partial charge in [0.2, 0.25) is 0 Å². The summed E-state index contributed by atoms with van der Waals surface area (Å²) in [5.41, 5.74) is 3.09. The van der Waals surface area contributed by atoms with Gasteiger partial charge < -0.3 is 9.64 Å². The number of fused-ring (bicyclic) bond motifs is 2. The Morgan fingerprint density at radius 3 is 2.63 bits per heavy atom. The number of nitrogens with zero attached hydrogens (tertiary/aromatic N) is 2. The second kappa shape index (κ2) is 7.57. The van der Waals surface area contributed by atoms with Gasteiger partial charge in [-0.05, 0) is 60.5 Å². The molecule has 4 rings (SSSR count). The van der Waals surface area contributed by atoms with Crippen molar-refractivity contribution in [3.05, 3.63) is 65.4 Å². The van der Waals surface area contributed by atoms with Crippen LogP contribution in [0.2, 0.25) is 0 Å². The normalized spacial score (nSPS) is 18.7. The molecule has 2 aliphatic heterocycles. The molecule has 0 radical (unpaired) electrons. The number of aliphatic imine (C=N–C) groups is 1. The zero-order valence-corrected chi connectivity index (χ0v) is 16.5. The Kier molecular flexibility index (Phi) is 5.38. The van der Waals surface area contributed by atoms with E-state index in [-0.39, 0.29) is 24.1 Å². The SMILES string of the molecule is COc1ccc2cc(C(=O)C3CN=C4C=C(C)C=C(C)N4C3)ccc2c1.Cl. The molecule has 1 atom stereocenters. The van der Waals surface area contributed by atoms with E-state index in [4.69, 9.17) is 4.74 Å². The highest BCUT2D eigenvalue weighted by Gasteiger charge is 2.29. The number of carbonyl (C=O) groups excluding carboxylic acids is 1. The number of methoxy groups -OCH3 is 1. The summed E-state index contributed by atoms with van der Waals surface area (Å²) in [6.07, 6.45) is 4.21. The molecule has 0 aromatic heterocycles. The zero-order valence-electron chi connectivity index (χ0n) is 15.7. The number of carbonyl (C=O) groups is 1. The lowest BCUT2D eigenvalue weighted by molar-refractivity contribution is 0.0907. The molecule has 0 amide bonds. The lowest BCUT2D eigenvalue weighted by atomic mass is 9.93. The van der Waals surface area contributed by atoms with Gasteiger partial charge >= 0.3 is 0 Å². The van der Waals surface area contributed by atoms with Crippen LogP contribution in [0.25, 0.3) is 10.8 Å². The van der Waals surface area contributed by atoms with Gasteiger partial charge in [-0.2, -0.15) is 0 Å². The lowest BCUT2D eigenvalue weighted by Gasteiger charge is -2.35. The second-order valence-corrected chi connectivity index (χ2v) is 6.97. The fourth-order valence-electron chi connectivity index (χ4n) is 3.67. The Morgan fingerprint density at radius 2 is 1.85 bits per heavy atom. The van der Waals surface area contributed by atoms with Crippen molar-refractivity contribution in [3.63, 3.8) is 0 Å². The van der Waals surface area contributed by atoms with Crippen LogP contribution in [0.15, 0.2) is 64.8 Å². The van der Waals surface area contributed by atoms with Crippen LogP contribution >= 0.6 is 12.4 Å². The van der Waals surface area contributed by atoms with Gasteiger partial charge in [0.25, 0.3) is 0 Å². The number of ether oxygens (including phenoxy) is 1. The molecule has 27 heavy (non-hydrogen) atoms. The van der Waals surface area contributed by atoms with Gasteiger partial charge in [0.05, 0.1) is 19.6 Å². The average molecular weight is 383 g/mol. The molecular formula is C22H23ClN2O2. The highest BCUT2D eigenvalue weighted by molar-refractivity contribution is 6.03. The van der Waals surface area contributed by atoms with E-state index in [2.05, 4.69) is 35.9 Å². The Balaban J connectivity index is 0.00000210. The maximum atomic E-state index is 13.1. The summed E-state index contributed by atoms with van der Waals surface area (Å²) in [5, 5.41) is 2.12. The lowest BCUT2D eigenvalue weighted by Crippen LogP contribution is -2.42. The molecule has 5 heteroatoms. The summed E-state index contributed by atoms with van der Waals surface area (Å²) in [7, 11) is 1.66. The van der Waals surface area contributed by atoms with Crippen LogP contribution in [0, 0.1) is 5.92 Å². The van der Waals surface area contributed by atoms with E-state index in [0.29, 0.717) is 13.1 Å². The first-order valence-corrected chi connectivity index (χ1v) is 8.86. The molecule has 0 aliphatic carbocycles. The van der Waals surface area contributed by atoms with Crippen molar-refractivity contribution >= 4 is 34.8 Å². The Bertz CT molecular complexity index is 991. The standard InChI is InChI=1S/C22H22N2O2.ClH/c1-14-8-15(2)24-13-19(12-23-21(24)9-14)22(25)18-5-4-17-11-20(26-3)7-6-16(17)10-18;/h4-11,19H,12-13H2,1-3H3;1H. The van der Waals surface area contributed by atoms with E-state index in [1.165, 1.54) is 5.57 Å². The highest BCUT2D eigenvalue weighted by atomic mass is 35.5. The zero-order chi connectivity index (χ0) is 18.3. The van der Waals surface area contributed by atoms with E-state index < -0.39 is 0 Å². The number of ketones is 1. The smallest absolute Gasteiger partial charge is 0.169 e. The van der Waals surface area contributed by atoms with E-state index in [1.807, 2.05) is 36.4 Å². The summed E-state index contributed by atoms with van der Waals surface area (Å²) < 4.78 is 5.27. The molecule has 0 N–H and O–H groups in total. The first-order chi connectivity index (χ1) is 12.5. The Labute approximate surface area is 165 Å². The fraction of sp³-hybridized carbons (Fsp3) is 0.273. The molecule has 0 spiro atoms. The minimum absolute atomic E-state index is 0. The third-order valence-corrected chi connectivity index (χ3v) is 5.07. The summed E-state index contributed by atoms with van der Waals surface area (Å²) >= 11 is 0. The Morgan fingerprint density at radius 1 is 1.11 bits per heavy atom. The number of hydrogen-bond donors (Lipinski definition) is 0. The third kappa shape index (κ3) is 3.62. The van der Waals surface area contributed by atoms with Crippen molar-refractivity contribution < 1.29 is 9.53 Å². The molecule has 2 heterocycles. The molecule has 0 saturated carbocycles. The number of Topliss-reactive ketones (excluding diaryl/α,β-unsaturated/α-hetero) is 1. The van der Waals surface area contributed by atoms with Gasteiger partial charge in [0.1, 0.15) is 11.6 Å². The Hall–Kier alpha value is -2.59. The van der Waals surface area contributed by atoms with Crippen LogP contribution in [0.3, 0.4) is 0 Å². The van der Waals surface area contributed by atoms with Crippen molar-refractivity contribution in [3.8, 4) is 5.75 Å². The minimum Gasteiger partial charge on any atom is -0.497 e. The summed E-state index contributed by atoms with van der Waals surface area (Å²) in [5.74, 6) is 1.83. The largest absolute Gasteiger partial charge is 0.497 e. The van der Waals surface area contributed by atoms with E-state index in [1.54, 1.807) is 7.11 Å². The van der Waals surface area contributed by atoms with Crippen LogP contribution in [0.1, 0.15) is 24.2 Å². The summed E-state index contributed by atoms with van der Waals surface area (Å²) in [6.45, 7) is 5.37. The van der Waals surface area contributed by atoms with Gasteiger partial charge in [0.15, 0.2) is 5.78 Å². The van der Waals surface area contributed by atoms with Crippen LogP contribution in [-0.4, -0.2) is 36.7 Å². The molecule has 2 aromatic carbocycles. The van der Waals surface area contributed by atoms with Crippen LogP contribution < -0.4 is 4.74 Å². The summed E-state index contributed by atoms with van der Waals surface area (Å²) in [4.78, 5) is 19.9. The monoisotopic (exact) mass is 382 g/mol. The molecule has 0 bridgehead atoms. The number of amidine groups is 1. The van der Waals surface area contributed by atoms with Crippen molar-refractivity contribution in [2.75, 3.05) is 20.2 Å². The van der Waals surface area contributed by atoms with Gasteiger partial charge in [-0.25, -0.2) is 0 Å². The maximum absolute atomic E-state index is 13.1. The third-order valence-electron chi connectivity index (χ3n) is 5.07. The number of benzene rings is 2. The van der Waals surface area contributed by atoms with Crippen LogP contribution in [0.4, 0.5) is 0 Å². The molecule has 1 unspecified atom stereocenters. The highest BCUT2D eigenvalue weighted by Crippen LogP contribution is 2.26.